The van der Waals surface area contributed by atoms with E-state index in [1.54, 1.807) is 0 Å². The van der Waals surface area contributed by atoms with Crippen LogP contribution < -0.4 is 0 Å². The van der Waals surface area contributed by atoms with Gasteiger partial charge in [-0.3, -0.25) is 9.97 Å². The van der Waals surface area contributed by atoms with Crippen LogP contribution in [0.15, 0.2) is 36.4 Å². The Balaban J connectivity index is 2.26. The average Bonchev–Trinajstić information content (AvgIpc) is 2.79. The summed E-state index contributed by atoms with van der Waals surface area (Å²) in [5, 5.41) is 0. The first-order valence-corrected chi connectivity index (χ1v) is 12.7. The molecule has 0 fully saturated rings. The van der Waals surface area contributed by atoms with Gasteiger partial charge in [-0.15, -0.1) is 0 Å². The van der Waals surface area contributed by atoms with Crippen LogP contribution in [0.5, 0.6) is 0 Å². The molecule has 0 bridgehead atoms. The Morgan fingerprint density at radius 2 is 0.867 bits per heavy atom. The summed E-state index contributed by atoms with van der Waals surface area (Å²) < 4.78 is 0. The number of pyridine rings is 2. The normalized spacial score (nSPS) is 11.5. The Hall–Kier alpha value is -1.70. The van der Waals surface area contributed by atoms with E-state index in [0.29, 0.717) is 11.8 Å². The topological polar surface area (TPSA) is 25.8 Å². The molecule has 2 heterocycles. The smallest absolute Gasteiger partial charge is 0.0889 e. The molecule has 0 saturated heterocycles. The van der Waals surface area contributed by atoms with Crippen LogP contribution >= 0.6 is 0 Å². The summed E-state index contributed by atoms with van der Waals surface area (Å²) in [6.45, 7) is 9.13. The van der Waals surface area contributed by atoms with E-state index in [0.717, 1.165) is 11.4 Å². The fraction of sp³-hybridized carbons (Fsp3) is 0.643. The van der Waals surface area contributed by atoms with Gasteiger partial charge in [-0.1, -0.05) is 91.2 Å². The summed E-state index contributed by atoms with van der Waals surface area (Å²) in [4.78, 5) is 10.2. The molecule has 0 N–H and O–H groups in total. The van der Waals surface area contributed by atoms with Gasteiger partial charge in [0.15, 0.2) is 0 Å². The largest absolute Gasteiger partial charge is 0.251 e. The molecule has 0 spiro atoms. The second-order valence-electron chi connectivity index (χ2n) is 8.86. The maximum Gasteiger partial charge on any atom is 0.0889 e. The molecule has 0 aromatic carbocycles. The van der Waals surface area contributed by atoms with E-state index in [1.165, 1.54) is 88.4 Å². The predicted molar refractivity (Wildman–Crippen MR) is 131 cm³/mol. The van der Waals surface area contributed by atoms with Crippen molar-refractivity contribution in [1.82, 2.24) is 9.97 Å². The molecule has 0 unspecified atom stereocenters. The highest BCUT2D eigenvalue weighted by atomic mass is 14.8. The molecule has 2 aromatic heterocycles. The highest BCUT2D eigenvalue weighted by Crippen LogP contribution is 2.30. The van der Waals surface area contributed by atoms with Gasteiger partial charge in [-0.25, -0.2) is 0 Å². The predicted octanol–water partition coefficient (Wildman–Crippen LogP) is 9.07. The summed E-state index contributed by atoms with van der Waals surface area (Å²) in [6.07, 6.45) is 15.1. The molecule has 166 valence electrons. The Bertz CT molecular complexity index is 632. The second kappa shape index (κ2) is 14.3. The van der Waals surface area contributed by atoms with Crippen molar-refractivity contribution in [2.24, 2.45) is 0 Å². The van der Waals surface area contributed by atoms with Gasteiger partial charge in [0.1, 0.15) is 0 Å². The number of hydrogen-bond donors (Lipinski definition) is 0. The van der Waals surface area contributed by atoms with Gasteiger partial charge in [0.2, 0.25) is 0 Å². The fourth-order valence-electron chi connectivity index (χ4n) is 4.33. The monoisotopic (exact) mass is 408 g/mol. The van der Waals surface area contributed by atoms with Crippen molar-refractivity contribution in [3.05, 3.63) is 47.8 Å². The van der Waals surface area contributed by atoms with Crippen LogP contribution in [-0.2, 0) is 0 Å². The zero-order valence-electron chi connectivity index (χ0n) is 20.0. The Kier molecular flexibility index (Phi) is 11.7. The molecule has 0 atom stereocenters. The lowest BCUT2D eigenvalue weighted by Gasteiger charge is -2.18. The Labute approximate surface area is 185 Å². The van der Waals surface area contributed by atoms with Crippen LogP contribution in [0.2, 0.25) is 0 Å². The summed E-state index contributed by atoms with van der Waals surface area (Å²) in [6, 6.07) is 13.1. The van der Waals surface area contributed by atoms with Crippen LogP contribution in [0.3, 0.4) is 0 Å². The third-order valence-corrected chi connectivity index (χ3v) is 6.26. The van der Waals surface area contributed by atoms with Gasteiger partial charge in [-0.05, 0) is 49.9 Å². The van der Waals surface area contributed by atoms with Gasteiger partial charge < -0.3 is 0 Å². The number of hydrogen-bond acceptors (Lipinski definition) is 2. The second-order valence-corrected chi connectivity index (χ2v) is 8.86. The number of nitrogens with zero attached hydrogens (tertiary/aromatic N) is 2. The van der Waals surface area contributed by atoms with E-state index >= 15 is 0 Å². The van der Waals surface area contributed by atoms with Crippen molar-refractivity contribution in [3.8, 4) is 11.4 Å². The van der Waals surface area contributed by atoms with E-state index in [4.69, 9.17) is 9.97 Å². The first-order valence-electron chi connectivity index (χ1n) is 12.7. The number of rotatable bonds is 15. The lowest BCUT2D eigenvalue weighted by Crippen LogP contribution is -2.05. The van der Waals surface area contributed by atoms with Crippen molar-refractivity contribution in [2.75, 3.05) is 0 Å². The molecule has 0 amide bonds. The number of aromatic nitrogens is 2. The van der Waals surface area contributed by atoms with Gasteiger partial charge >= 0.3 is 0 Å². The molecule has 2 heteroatoms. The van der Waals surface area contributed by atoms with Crippen molar-refractivity contribution in [3.63, 3.8) is 0 Å². The maximum atomic E-state index is 5.11. The molecule has 0 aliphatic heterocycles. The van der Waals surface area contributed by atoms with Gasteiger partial charge in [0, 0.05) is 23.2 Å². The zero-order valence-corrected chi connectivity index (χ0v) is 20.0. The molecule has 30 heavy (non-hydrogen) atoms. The van der Waals surface area contributed by atoms with Crippen LogP contribution in [0.1, 0.15) is 128 Å². The lowest BCUT2D eigenvalue weighted by atomic mass is 9.92. The summed E-state index contributed by atoms with van der Waals surface area (Å²) in [5.74, 6) is 1.16. The molecule has 0 saturated carbocycles. The van der Waals surface area contributed by atoms with Crippen molar-refractivity contribution in [1.29, 1.82) is 0 Å². The van der Waals surface area contributed by atoms with Gasteiger partial charge in [0.25, 0.3) is 0 Å². The lowest BCUT2D eigenvalue weighted by molar-refractivity contribution is 0.514. The van der Waals surface area contributed by atoms with E-state index in [9.17, 15) is 0 Å². The summed E-state index contributed by atoms with van der Waals surface area (Å²) in [5.41, 5.74) is 4.60. The molecule has 0 radical (unpaired) electrons. The minimum Gasteiger partial charge on any atom is -0.251 e. The molecule has 2 aromatic rings. The summed E-state index contributed by atoms with van der Waals surface area (Å²) >= 11 is 0. The van der Waals surface area contributed by atoms with Crippen LogP contribution in [0.4, 0.5) is 0 Å². The summed E-state index contributed by atoms with van der Waals surface area (Å²) in [7, 11) is 0. The molecular weight excluding hydrogens is 364 g/mol. The van der Waals surface area contributed by atoms with Crippen molar-refractivity contribution < 1.29 is 0 Å². The van der Waals surface area contributed by atoms with Crippen LogP contribution in [-0.4, -0.2) is 9.97 Å². The minimum absolute atomic E-state index is 0.579. The highest BCUT2D eigenvalue weighted by molar-refractivity contribution is 5.54. The standard InChI is InChI=1S/C28H44N2/c1-5-9-15-23(16-10-6-2)25-19-13-21-27(29-25)28-22-14-20-26(30-28)24(17-11-7-3)18-12-8-4/h13-14,19-24H,5-12,15-18H2,1-4H3. The van der Waals surface area contributed by atoms with Crippen LogP contribution in [0, 0.1) is 0 Å². The van der Waals surface area contributed by atoms with Crippen molar-refractivity contribution in [2.45, 2.75) is 117 Å². The minimum atomic E-state index is 0.579. The number of unbranched alkanes of at least 4 members (excludes halogenated alkanes) is 4. The Morgan fingerprint density at radius 1 is 0.533 bits per heavy atom. The van der Waals surface area contributed by atoms with E-state index in [-0.39, 0.29) is 0 Å². The third-order valence-electron chi connectivity index (χ3n) is 6.26. The first kappa shape index (κ1) is 24.6. The SMILES string of the molecule is CCCCC(CCCC)c1cccc(-c2cccc(C(CCCC)CCCC)n2)n1. The van der Waals surface area contributed by atoms with Gasteiger partial charge in [0.05, 0.1) is 11.4 Å². The highest BCUT2D eigenvalue weighted by Gasteiger charge is 2.16. The molecule has 2 rings (SSSR count). The van der Waals surface area contributed by atoms with Crippen LogP contribution in [0.25, 0.3) is 11.4 Å². The molecule has 0 aliphatic carbocycles. The molecular formula is C28H44N2. The average molecular weight is 409 g/mol. The Morgan fingerprint density at radius 3 is 1.17 bits per heavy atom. The fourth-order valence-corrected chi connectivity index (χ4v) is 4.33. The zero-order chi connectivity index (χ0) is 21.6. The van der Waals surface area contributed by atoms with Gasteiger partial charge in [-0.2, -0.15) is 0 Å². The van der Waals surface area contributed by atoms with E-state index in [1.807, 2.05) is 0 Å². The molecule has 2 nitrogen and oxygen atoms in total. The molecule has 0 aliphatic rings. The first-order chi connectivity index (χ1) is 14.7. The van der Waals surface area contributed by atoms with Crippen molar-refractivity contribution >= 4 is 0 Å². The third kappa shape index (κ3) is 7.85. The maximum absolute atomic E-state index is 5.11. The quantitative estimate of drug-likeness (QED) is 0.293. The van der Waals surface area contributed by atoms with E-state index in [2.05, 4.69) is 64.1 Å². The van der Waals surface area contributed by atoms with E-state index < -0.39 is 0 Å².